The van der Waals surface area contributed by atoms with Crippen molar-refractivity contribution in [2.24, 2.45) is 18.0 Å². The maximum Gasteiger partial charge on any atom is 0.256 e. The van der Waals surface area contributed by atoms with E-state index in [-0.39, 0.29) is 17.7 Å². The Hall–Kier alpha value is -3.56. The van der Waals surface area contributed by atoms with E-state index < -0.39 is 11.6 Å². The van der Waals surface area contributed by atoms with Gasteiger partial charge < -0.3 is 14.7 Å². The van der Waals surface area contributed by atoms with Crippen LogP contribution in [0.25, 0.3) is 22.0 Å². The highest BCUT2D eigenvalue weighted by molar-refractivity contribution is 6.15. The summed E-state index contributed by atoms with van der Waals surface area (Å²) < 4.78 is 7.42. The Morgan fingerprint density at radius 3 is 2.58 bits per heavy atom. The molecule has 2 amide bonds. The highest BCUT2D eigenvalue weighted by atomic mass is 16.5. The number of benzene rings is 2. The zero-order valence-electron chi connectivity index (χ0n) is 21.8. The first-order valence-electron chi connectivity index (χ1n) is 13.3. The number of carbonyl (C=O) groups is 2. The van der Waals surface area contributed by atoms with Crippen molar-refractivity contribution in [1.29, 1.82) is 0 Å². The number of amidine groups is 1. The quantitative estimate of drug-likeness (QED) is 0.563. The van der Waals surface area contributed by atoms with E-state index in [2.05, 4.69) is 35.4 Å². The minimum atomic E-state index is -1.01. The third kappa shape index (κ3) is 4.29. The molecule has 0 bridgehead atoms. The number of aliphatic imine (C=N–C) groups is 1. The lowest BCUT2D eigenvalue weighted by atomic mass is 9.90. The fourth-order valence-corrected chi connectivity index (χ4v) is 5.94. The second kappa shape index (κ2) is 9.63. The molecule has 2 unspecified atom stereocenters. The Balaban J connectivity index is 1.27. The van der Waals surface area contributed by atoms with Crippen molar-refractivity contribution in [1.82, 2.24) is 19.6 Å². The smallest absolute Gasteiger partial charge is 0.256 e. The molecular formula is C29H33N5O4. The van der Waals surface area contributed by atoms with E-state index in [1.165, 1.54) is 6.92 Å². The molecule has 4 heterocycles. The van der Waals surface area contributed by atoms with Gasteiger partial charge in [0, 0.05) is 63.7 Å². The summed E-state index contributed by atoms with van der Waals surface area (Å²) in [7, 11) is 1.94. The SMILES string of the molecule is CC(O)C(=O)N1CCC(CN2C(=O)C3(CCOCC3)N=C2c2ccc(-c3ccc4c(cnn4C)c3)cc2)C1. The van der Waals surface area contributed by atoms with Gasteiger partial charge in [-0.2, -0.15) is 5.10 Å². The number of hydrogen-bond acceptors (Lipinski definition) is 6. The van der Waals surface area contributed by atoms with Gasteiger partial charge in [0.25, 0.3) is 11.8 Å². The number of amides is 2. The van der Waals surface area contributed by atoms with Crippen LogP contribution in [0.5, 0.6) is 0 Å². The molecule has 9 heteroatoms. The van der Waals surface area contributed by atoms with Gasteiger partial charge in [-0.05, 0) is 42.5 Å². The number of fused-ring (bicyclic) bond motifs is 1. The molecule has 6 rings (SSSR count). The van der Waals surface area contributed by atoms with Crippen LogP contribution in [0.2, 0.25) is 0 Å². The molecule has 2 saturated heterocycles. The van der Waals surface area contributed by atoms with Crippen LogP contribution in [0.4, 0.5) is 0 Å². The summed E-state index contributed by atoms with van der Waals surface area (Å²) in [6, 6.07) is 14.5. The van der Waals surface area contributed by atoms with Gasteiger partial charge in [-0.1, -0.05) is 30.3 Å². The number of ether oxygens (including phenoxy) is 1. The van der Waals surface area contributed by atoms with Crippen LogP contribution in [-0.4, -0.2) is 86.8 Å². The third-order valence-corrected chi connectivity index (χ3v) is 8.16. The minimum absolute atomic E-state index is 0.0298. The van der Waals surface area contributed by atoms with Crippen molar-refractivity contribution in [2.45, 2.75) is 37.8 Å². The summed E-state index contributed by atoms with van der Waals surface area (Å²) in [4.78, 5) is 34.7. The first kappa shape index (κ1) is 24.8. The molecule has 0 aliphatic carbocycles. The maximum atomic E-state index is 13.8. The topological polar surface area (TPSA) is 100 Å². The molecule has 1 spiro atoms. The average Bonchev–Trinajstić information content (AvgIpc) is 3.62. The van der Waals surface area contributed by atoms with E-state index in [4.69, 9.17) is 9.73 Å². The van der Waals surface area contributed by atoms with Crippen molar-refractivity contribution in [3.8, 4) is 11.1 Å². The Labute approximate surface area is 221 Å². The zero-order valence-corrected chi connectivity index (χ0v) is 21.8. The van der Waals surface area contributed by atoms with Crippen molar-refractivity contribution in [3.63, 3.8) is 0 Å². The van der Waals surface area contributed by atoms with E-state index in [0.29, 0.717) is 51.5 Å². The lowest BCUT2D eigenvalue weighted by Crippen LogP contribution is -2.47. The Morgan fingerprint density at radius 2 is 1.84 bits per heavy atom. The van der Waals surface area contributed by atoms with Gasteiger partial charge in [-0.15, -0.1) is 0 Å². The van der Waals surface area contributed by atoms with Crippen LogP contribution in [0.1, 0.15) is 31.7 Å². The van der Waals surface area contributed by atoms with Crippen LogP contribution < -0.4 is 0 Å². The molecule has 0 saturated carbocycles. The molecule has 1 aromatic heterocycles. The standard InChI is InChI=1S/C29H33N5O4/c1-19(35)27(36)33-12-9-20(17-33)18-34-26(31-29(28(34)37)10-13-38-14-11-29)22-5-3-21(4-6-22)23-7-8-25-24(15-23)16-30-32(25)2/h3-8,15-16,19-20,35H,9-14,17-18H2,1-2H3. The normalized spacial score (nSPS) is 21.9. The maximum absolute atomic E-state index is 13.8. The van der Waals surface area contributed by atoms with E-state index in [0.717, 1.165) is 34.0 Å². The third-order valence-electron chi connectivity index (χ3n) is 8.16. The average molecular weight is 516 g/mol. The van der Waals surface area contributed by atoms with Crippen LogP contribution in [0.3, 0.4) is 0 Å². The van der Waals surface area contributed by atoms with E-state index >= 15 is 0 Å². The first-order valence-corrected chi connectivity index (χ1v) is 13.3. The second-order valence-corrected chi connectivity index (χ2v) is 10.7. The van der Waals surface area contributed by atoms with Gasteiger partial charge in [0.05, 0.1) is 11.7 Å². The number of aliphatic hydroxyl groups is 1. The number of likely N-dealkylation sites (tertiary alicyclic amines) is 1. The lowest BCUT2D eigenvalue weighted by Gasteiger charge is -2.30. The van der Waals surface area contributed by atoms with Crippen LogP contribution >= 0.6 is 0 Å². The number of aliphatic hydroxyl groups excluding tert-OH is 1. The van der Waals surface area contributed by atoms with Crippen molar-refractivity contribution < 1.29 is 19.4 Å². The van der Waals surface area contributed by atoms with Gasteiger partial charge in [0.15, 0.2) is 0 Å². The minimum Gasteiger partial charge on any atom is -0.384 e. The van der Waals surface area contributed by atoms with E-state index in [9.17, 15) is 14.7 Å². The molecule has 2 aromatic carbocycles. The first-order chi connectivity index (χ1) is 18.3. The van der Waals surface area contributed by atoms with Crippen LogP contribution in [-0.2, 0) is 21.4 Å². The number of hydrogen-bond donors (Lipinski definition) is 1. The zero-order chi connectivity index (χ0) is 26.4. The Morgan fingerprint density at radius 1 is 1.13 bits per heavy atom. The van der Waals surface area contributed by atoms with E-state index in [1.807, 2.05) is 35.0 Å². The molecule has 3 aliphatic heterocycles. The van der Waals surface area contributed by atoms with Gasteiger partial charge in [-0.3, -0.25) is 24.2 Å². The van der Waals surface area contributed by atoms with E-state index in [1.54, 1.807) is 4.90 Å². The summed E-state index contributed by atoms with van der Waals surface area (Å²) >= 11 is 0. The highest BCUT2D eigenvalue weighted by Gasteiger charge is 2.50. The molecule has 198 valence electrons. The van der Waals surface area contributed by atoms with Gasteiger partial charge in [0.1, 0.15) is 17.5 Å². The Bertz CT molecular complexity index is 1400. The number of aryl methyl sites for hydroxylation is 1. The molecule has 2 atom stereocenters. The summed E-state index contributed by atoms with van der Waals surface area (Å²) in [5.41, 5.74) is 3.41. The molecule has 0 radical (unpaired) electrons. The molecular weight excluding hydrogens is 482 g/mol. The molecule has 9 nitrogen and oxygen atoms in total. The molecule has 38 heavy (non-hydrogen) atoms. The largest absolute Gasteiger partial charge is 0.384 e. The van der Waals surface area contributed by atoms with Gasteiger partial charge >= 0.3 is 0 Å². The van der Waals surface area contributed by atoms with Gasteiger partial charge in [-0.25, -0.2) is 0 Å². The molecule has 1 N–H and O–H groups in total. The van der Waals surface area contributed by atoms with Gasteiger partial charge in [0.2, 0.25) is 0 Å². The summed E-state index contributed by atoms with van der Waals surface area (Å²) in [6.45, 7) is 4.17. The second-order valence-electron chi connectivity index (χ2n) is 10.7. The summed E-state index contributed by atoms with van der Waals surface area (Å²) in [5.74, 6) is 0.607. The number of aromatic nitrogens is 2. The monoisotopic (exact) mass is 515 g/mol. The van der Waals surface area contributed by atoms with Crippen molar-refractivity contribution >= 4 is 28.6 Å². The fraction of sp³-hybridized carbons (Fsp3) is 0.448. The number of carbonyl (C=O) groups excluding carboxylic acids is 2. The Kier molecular flexibility index (Phi) is 6.28. The van der Waals surface area contributed by atoms with Crippen molar-refractivity contribution in [2.75, 3.05) is 32.8 Å². The predicted octanol–water partition coefficient (Wildman–Crippen LogP) is 2.61. The number of rotatable bonds is 5. The summed E-state index contributed by atoms with van der Waals surface area (Å²) in [6.07, 6.45) is 2.80. The van der Waals surface area contributed by atoms with Crippen LogP contribution in [0, 0.1) is 5.92 Å². The predicted molar refractivity (Wildman–Crippen MR) is 144 cm³/mol. The fourth-order valence-electron chi connectivity index (χ4n) is 5.94. The summed E-state index contributed by atoms with van der Waals surface area (Å²) in [5, 5.41) is 15.1. The highest BCUT2D eigenvalue weighted by Crippen LogP contribution is 2.36. The number of nitrogens with zero attached hydrogens (tertiary/aromatic N) is 5. The molecule has 2 fully saturated rings. The molecule has 3 aliphatic rings. The lowest BCUT2D eigenvalue weighted by molar-refractivity contribution is -0.138. The van der Waals surface area contributed by atoms with Crippen LogP contribution in [0.15, 0.2) is 53.7 Å². The van der Waals surface area contributed by atoms with Crippen molar-refractivity contribution in [3.05, 3.63) is 54.2 Å². The molecule has 3 aromatic rings.